The van der Waals surface area contributed by atoms with Gasteiger partial charge >= 0.3 is 0 Å². The molecule has 0 fully saturated rings. The molecule has 1 amide bonds. The van der Waals surface area contributed by atoms with Crippen LogP contribution >= 0.6 is 11.3 Å². The van der Waals surface area contributed by atoms with Gasteiger partial charge in [0, 0.05) is 37.1 Å². The number of amides is 1. The third-order valence-electron chi connectivity index (χ3n) is 5.61. The number of benzene rings is 2. The van der Waals surface area contributed by atoms with Crippen LogP contribution in [0.2, 0.25) is 0 Å². The number of phenols is 1. The van der Waals surface area contributed by atoms with Crippen LogP contribution in [0.4, 0.5) is 5.69 Å². The number of rotatable bonds is 5. The van der Waals surface area contributed by atoms with Crippen molar-refractivity contribution in [1.82, 2.24) is 9.88 Å². The minimum absolute atomic E-state index is 0.0911. The second-order valence-corrected chi connectivity index (χ2v) is 8.85. The summed E-state index contributed by atoms with van der Waals surface area (Å²) < 4.78 is 5.60. The lowest BCUT2D eigenvalue weighted by molar-refractivity contribution is -0.130. The molecule has 0 bridgehead atoms. The number of carbonyl (C=O) groups excluding carboxylic acids is 1. The first-order valence-electron chi connectivity index (χ1n) is 10.3. The highest BCUT2D eigenvalue weighted by molar-refractivity contribution is 7.10. The zero-order valence-corrected chi connectivity index (χ0v) is 18.1. The van der Waals surface area contributed by atoms with Crippen LogP contribution in [0, 0.1) is 6.92 Å². The summed E-state index contributed by atoms with van der Waals surface area (Å²) in [6.07, 6.45) is 0.912. The van der Waals surface area contributed by atoms with E-state index in [2.05, 4.69) is 16.4 Å². The number of aryl methyl sites for hydroxylation is 1. The van der Waals surface area contributed by atoms with Crippen LogP contribution in [-0.4, -0.2) is 34.0 Å². The van der Waals surface area contributed by atoms with E-state index in [9.17, 15) is 9.90 Å². The fourth-order valence-electron chi connectivity index (χ4n) is 4.07. The number of aromatic nitrogens is 1. The molecule has 7 heteroatoms. The van der Waals surface area contributed by atoms with Gasteiger partial charge in [0.1, 0.15) is 11.3 Å². The molecule has 2 aromatic carbocycles. The molecule has 158 valence electrons. The third-order valence-corrected chi connectivity index (χ3v) is 6.64. The first-order chi connectivity index (χ1) is 15.0. The van der Waals surface area contributed by atoms with Crippen LogP contribution in [0.3, 0.4) is 0 Å². The number of phenolic OH excluding ortho intramolecular Hbond substituents is 1. The van der Waals surface area contributed by atoms with Crippen molar-refractivity contribution < 1.29 is 14.3 Å². The number of hydrogen-bond acceptors (Lipinski definition) is 6. The van der Waals surface area contributed by atoms with Gasteiger partial charge in [-0.3, -0.25) is 4.79 Å². The number of hydrogen-bond donors (Lipinski definition) is 1. The van der Waals surface area contributed by atoms with Crippen molar-refractivity contribution in [2.45, 2.75) is 26.4 Å². The van der Waals surface area contributed by atoms with Crippen molar-refractivity contribution in [2.75, 3.05) is 18.0 Å². The van der Waals surface area contributed by atoms with Gasteiger partial charge in [0.15, 0.2) is 11.5 Å². The number of carbonyl (C=O) groups is 1. The van der Waals surface area contributed by atoms with Gasteiger partial charge in [0.2, 0.25) is 5.91 Å². The van der Waals surface area contributed by atoms with Crippen molar-refractivity contribution in [1.29, 1.82) is 0 Å². The lowest BCUT2D eigenvalue weighted by Gasteiger charge is -2.31. The van der Waals surface area contributed by atoms with E-state index < -0.39 is 0 Å². The van der Waals surface area contributed by atoms with Gasteiger partial charge < -0.3 is 19.3 Å². The Balaban J connectivity index is 1.42. The van der Waals surface area contributed by atoms with E-state index in [4.69, 9.17) is 4.42 Å². The smallest absolute Gasteiger partial charge is 0.242 e. The Morgan fingerprint density at radius 3 is 3.03 bits per heavy atom. The van der Waals surface area contributed by atoms with Crippen LogP contribution in [-0.2, 0) is 24.3 Å². The van der Waals surface area contributed by atoms with Crippen LogP contribution in [0.25, 0.3) is 11.1 Å². The minimum Gasteiger partial charge on any atom is -0.508 e. The van der Waals surface area contributed by atoms with Crippen molar-refractivity contribution in [3.8, 4) is 5.75 Å². The summed E-state index contributed by atoms with van der Waals surface area (Å²) in [5.41, 5.74) is 4.58. The lowest BCUT2D eigenvalue weighted by atomic mass is 10.1. The summed E-state index contributed by atoms with van der Waals surface area (Å²) in [6, 6.07) is 15.1. The van der Waals surface area contributed by atoms with Crippen LogP contribution in [0.5, 0.6) is 5.75 Å². The predicted octanol–water partition coefficient (Wildman–Crippen LogP) is 4.49. The molecule has 1 N–H and O–H groups in total. The van der Waals surface area contributed by atoms with E-state index in [1.165, 1.54) is 10.4 Å². The van der Waals surface area contributed by atoms with Crippen LogP contribution < -0.4 is 4.90 Å². The molecule has 0 radical (unpaired) electrons. The molecule has 4 aromatic rings. The van der Waals surface area contributed by atoms with E-state index in [0.717, 1.165) is 35.3 Å². The largest absolute Gasteiger partial charge is 0.508 e. The molecule has 2 aromatic heterocycles. The molecule has 1 aliphatic heterocycles. The normalized spacial score (nSPS) is 13.4. The molecule has 5 rings (SSSR count). The number of aromatic hydroxyl groups is 1. The number of anilines is 1. The highest BCUT2D eigenvalue weighted by Gasteiger charge is 2.24. The average molecular weight is 434 g/mol. The standard InChI is InChI=1S/C24H23N3O3S/c1-16-25-21-12-19(5-6-22(21)30-16)27(13-17-3-2-4-20(28)11-17)15-24(29)26-9-7-23-18(14-26)8-10-31-23/h2-6,8,10-12,28H,7,9,13-15H2,1H3. The Hall–Kier alpha value is -3.32. The van der Waals surface area contributed by atoms with Crippen LogP contribution in [0.1, 0.15) is 21.9 Å². The molecule has 0 saturated heterocycles. The fourth-order valence-corrected chi connectivity index (χ4v) is 4.96. The Kier molecular flexibility index (Phi) is 5.11. The minimum atomic E-state index is 0.0911. The highest BCUT2D eigenvalue weighted by atomic mass is 32.1. The van der Waals surface area contributed by atoms with Gasteiger partial charge in [-0.25, -0.2) is 4.98 Å². The maximum Gasteiger partial charge on any atom is 0.242 e. The molecule has 6 nitrogen and oxygen atoms in total. The summed E-state index contributed by atoms with van der Waals surface area (Å²) in [7, 11) is 0. The number of nitrogens with zero attached hydrogens (tertiary/aromatic N) is 3. The SMILES string of the molecule is Cc1nc2cc(N(CC(=O)N3CCc4sccc4C3)Cc3cccc(O)c3)ccc2o1. The zero-order valence-electron chi connectivity index (χ0n) is 17.2. The van der Waals surface area contributed by atoms with Crippen molar-refractivity contribution >= 4 is 34.0 Å². The van der Waals surface area contributed by atoms with Crippen molar-refractivity contribution in [3.05, 3.63) is 75.8 Å². The molecule has 0 saturated carbocycles. The molecule has 0 aliphatic carbocycles. The molecule has 0 spiro atoms. The van der Waals surface area contributed by atoms with E-state index in [1.807, 2.05) is 47.1 Å². The highest BCUT2D eigenvalue weighted by Crippen LogP contribution is 2.27. The molecule has 0 atom stereocenters. The van der Waals surface area contributed by atoms with Gasteiger partial charge in [-0.15, -0.1) is 11.3 Å². The number of fused-ring (bicyclic) bond motifs is 2. The van der Waals surface area contributed by atoms with E-state index in [1.54, 1.807) is 23.5 Å². The van der Waals surface area contributed by atoms with E-state index >= 15 is 0 Å². The fraction of sp³-hybridized carbons (Fsp3) is 0.250. The summed E-state index contributed by atoms with van der Waals surface area (Å²) in [5.74, 6) is 0.920. The van der Waals surface area contributed by atoms with Gasteiger partial charge in [0.25, 0.3) is 0 Å². The van der Waals surface area contributed by atoms with Crippen molar-refractivity contribution in [3.63, 3.8) is 0 Å². The third kappa shape index (κ3) is 4.14. The van der Waals surface area contributed by atoms with Gasteiger partial charge in [-0.05, 0) is 59.3 Å². The lowest BCUT2D eigenvalue weighted by Crippen LogP contribution is -2.42. The maximum absolute atomic E-state index is 13.2. The Bertz CT molecular complexity index is 1250. The first-order valence-corrected chi connectivity index (χ1v) is 11.2. The summed E-state index contributed by atoms with van der Waals surface area (Å²) in [6.45, 7) is 3.98. The molecule has 3 heterocycles. The van der Waals surface area contributed by atoms with Gasteiger partial charge in [-0.1, -0.05) is 12.1 Å². The average Bonchev–Trinajstić information content (AvgIpc) is 3.37. The van der Waals surface area contributed by atoms with Gasteiger partial charge in [0.05, 0.1) is 6.54 Å². The zero-order chi connectivity index (χ0) is 21.4. The summed E-state index contributed by atoms with van der Waals surface area (Å²) in [5, 5.41) is 12.0. The Morgan fingerprint density at radius 2 is 2.16 bits per heavy atom. The summed E-state index contributed by atoms with van der Waals surface area (Å²) >= 11 is 1.77. The van der Waals surface area contributed by atoms with E-state index in [0.29, 0.717) is 19.0 Å². The Morgan fingerprint density at radius 1 is 1.26 bits per heavy atom. The van der Waals surface area contributed by atoms with Gasteiger partial charge in [-0.2, -0.15) is 0 Å². The molecule has 0 unspecified atom stereocenters. The monoisotopic (exact) mass is 433 g/mol. The molecular formula is C24H23N3O3S. The molecule has 1 aliphatic rings. The number of oxazole rings is 1. The van der Waals surface area contributed by atoms with E-state index in [-0.39, 0.29) is 18.2 Å². The molecular weight excluding hydrogens is 410 g/mol. The second kappa shape index (κ2) is 8.07. The molecule has 31 heavy (non-hydrogen) atoms. The quantitative estimate of drug-likeness (QED) is 0.502. The second-order valence-electron chi connectivity index (χ2n) is 7.85. The maximum atomic E-state index is 13.2. The Labute approximate surface area is 184 Å². The van der Waals surface area contributed by atoms with Crippen molar-refractivity contribution in [2.24, 2.45) is 0 Å². The summed E-state index contributed by atoms with van der Waals surface area (Å²) in [4.78, 5) is 23.0. The predicted molar refractivity (Wildman–Crippen MR) is 121 cm³/mol. The number of thiophene rings is 1. The van der Waals surface area contributed by atoms with Crippen LogP contribution in [0.15, 0.2) is 58.3 Å². The first kappa shape index (κ1) is 19.6. The topological polar surface area (TPSA) is 69.8 Å².